The quantitative estimate of drug-likeness (QED) is 0.661. The molecule has 1 aliphatic carbocycles. The van der Waals surface area contributed by atoms with Gasteiger partial charge in [-0.2, -0.15) is 13.2 Å². The van der Waals surface area contributed by atoms with Gasteiger partial charge in [0.1, 0.15) is 18.0 Å². The molecule has 0 saturated heterocycles. The summed E-state index contributed by atoms with van der Waals surface area (Å²) in [6.07, 6.45) is -0.981. The lowest BCUT2D eigenvalue weighted by Gasteiger charge is -2.13. The number of imidazole rings is 1. The first-order valence-corrected chi connectivity index (χ1v) is 8.31. The number of halogens is 5. The van der Waals surface area contributed by atoms with E-state index in [1.54, 1.807) is 4.57 Å². The van der Waals surface area contributed by atoms with Crippen LogP contribution < -0.4 is 5.32 Å². The molecule has 1 saturated carbocycles. The van der Waals surface area contributed by atoms with Gasteiger partial charge < -0.3 is 9.88 Å². The summed E-state index contributed by atoms with van der Waals surface area (Å²) in [6, 6.07) is 2.16. The molecule has 142 valence electrons. The molecular weight excluding hydrogens is 369 g/mol. The number of hydrogen-bond donors (Lipinski definition) is 1. The Morgan fingerprint density at radius 3 is 2.59 bits per heavy atom. The summed E-state index contributed by atoms with van der Waals surface area (Å²) in [6.45, 7) is -0.361. The van der Waals surface area contributed by atoms with Gasteiger partial charge in [-0.15, -0.1) is 0 Å². The molecule has 0 amide bonds. The van der Waals surface area contributed by atoms with Crippen molar-refractivity contribution >= 4 is 16.9 Å². The van der Waals surface area contributed by atoms with Crippen LogP contribution in [0.3, 0.4) is 0 Å². The topological polar surface area (TPSA) is 55.6 Å². The molecule has 27 heavy (non-hydrogen) atoms. The molecule has 0 radical (unpaired) electrons. The second kappa shape index (κ2) is 6.43. The Morgan fingerprint density at radius 2 is 1.89 bits per heavy atom. The van der Waals surface area contributed by atoms with E-state index in [9.17, 15) is 22.0 Å². The van der Waals surface area contributed by atoms with Crippen LogP contribution in [0.1, 0.15) is 25.3 Å². The zero-order chi connectivity index (χ0) is 19.2. The van der Waals surface area contributed by atoms with Crippen LogP contribution >= 0.6 is 0 Å². The molecule has 0 unspecified atom stereocenters. The maximum absolute atomic E-state index is 13.7. The van der Waals surface area contributed by atoms with E-state index in [0.717, 1.165) is 25.0 Å². The Bertz CT molecular complexity index is 993. The van der Waals surface area contributed by atoms with Crippen LogP contribution in [0.15, 0.2) is 24.7 Å². The van der Waals surface area contributed by atoms with Crippen LogP contribution in [0.5, 0.6) is 0 Å². The summed E-state index contributed by atoms with van der Waals surface area (Å²) in [7, 11) is 0. The minimum absolute atomic E-state index is 0.0677. The first kappa shape index (κ1) is 17.6. The van der Waals surface area contributed by atoms with Gasteiger partial charge in [0.15, 0.2) is 11.6 Å². The van der Waals surface area contributed by atoms with Gasteiger partial charge in [0.05, 0.1) is 23.0 Å². The Hall–Kier alpha value is -2.78. The lowest BCUT2D eigenvalue weighted by molar-refractivity contribution is -0.131. The molecule has 0 spiro atoms. The monoisotopic (exact) mass is 383 g/mol. The van der Waals surface area contributed by atoms with Crippen LogP contribution in [-0.4, -0.2) is 32.2 Å². The van der Waals surface area contributed by atoms with Crippen LogP contribution in [0.2, 0.25) is 0 Å². The van der Waals surface area contributed by atoms with Crippen molar-refractivity contribution in [2.45, 2.75) is 31.5 Å². The minimum Gasteiger partial charge on any atom is -0.369 e. The first-order valence-electron chi connectivity index (χ1n) is 8.31. The summed E-state index contributed by atoms with van der Waals surface area (Å²) in [5.41, 5.74) is 1.07. The molecule has 5 nitrogen and oxygen atoms in total. The summed E-state index contributed by atoms with van der Waals surface area (Å²) >= 11 is 0. The molecule has 10 heteroatoms. The Balaban J connectivity index is 1.77. The third kappa shape index (κ3) is 3.56. The maximum Gasteiger partial charge on any atom is 0.390 e. The molecule has 2 heterocycles. The van der Waals surface area contributed by atoms with Crippen LogP contribution in [-0.2, 0) is 0 Å². The molecule has 1 aromatic carbocycles. The molecule has 1 fully saturated rings. The number of anilines is 1. The highest BCUT2D eigenvalue weighted by Gasteiger charge is 2.31. The van der Waals surface area contributed by atoms with Gasteiger partial charge in [-0.25, -0.2) is 23.7 Å². The number of nitrogens with one attached hydrogen (secondary N) is 1. The van der Waals surface area contributed by atoms with E-state index >= 15 is 0 Å². The lowest BCUT2D eigenvalue weighted by atomic mass is 10.2. The van der Waals surface area contributed by atoms with Crippen LogP contribution in [0.25, 0.3) is 22.4 Å². The molecule has 1 N–H and O–H groups in total. The van der Waals surface area contributed by atoms with Gasteiger partial charge in [0, 0.05) is 30.9 Å². The summed E-state index contributed by atoms with van der Waals surface area (Å²) in [4.78, 5) is 12.3. The van der Waals surface area contributed by atoms with Crippen molar-refractivity contribution < 1.29 is 22.0 Å². The second-order valence-electron chi connectivity index (χ2n) is 6.37. The number of hydrogen-bond acceptors (Lipinski definition) is 4. The zero-order valence-electron chi connectivity index (χ0n) is 13.9. The van der Waals surface area contributed by atoms with Gasteiger partial charge in [-0.05, 0) is 12.8 Å². The number of rotatable bonds is 5. The average Bonchev–Trinajstić information content (AvgIpc) is 3.37. The van der Waals surface area contributed by atoms with Crippen LogP contribution in [0.4, 0.5) is 27.8 Å². The second-order valence-corrected chi connectivity index (χ2v) is 6.37. The normalized spacial score (nSPS) is 14.7. The fourth-order valence-corrected chi connectivity index (χ4v) is 2.94. The number of alkyl halides is 3. The van der Waals surface area contributed by atoms with E-state index in [1.807, 2.05) is 0 Å². The molecule has 1 aliphatic rings. The smallest absolute Gasteiger partial charge is 0.369 e. The van der Waals surface area contributed by atoms with Crippen molar-refractivity contribution in [1.82, 2.24) is 19.5 Å². The van der Waals surface area contributed by atoms with Gasteiger partial charge >= 0.3 is 6.18 Å². The van der Waals surface area contributed by atoms with Gasteiger partial charge in [-0.1, -0.05) is 0 Å². The van der Waals surface area contributed by atoms with E-state index in [2.05, 4.69) is 20.3 Å². The highest BCUT2D eigenvalue weighted by molar-refractivity contribution is 5.83. The van der Waals surface area contributed by atoms with E-state index < -0.39 is 24.2 Å². The highest BCUT2D eigenvalue weighted by atomic mass is 19.4. The fourth-order valence-electron chi connectivity index (χ4n) is 2.94. The Labute approximate surface area is 150 Å². The molecule has 0 aliphatic heterocycles. The third-order valence-corrected chi connectivity index (χ3v) is 4.30. The lowest BCUT2D eigenvalue weighted by Crippen LogP contribution is -2.16. The number of benzene rings is 1. The highest BCUT2D eigenvalue weighted by Crippen LogP contribution is 2.42. The molecule has 0 atom stereocenters. The average molecular weight is 383 g/mol. The van der Waals surface area contributed by atoms with E-state index in [0.29, 0.717) is 16.9 Å². The molecular formula is C17H14F5N5. The molecule has 4 rings (SSSR count). The molecule has 0 bridgehead atoms. The predicted octanol–water partition coefficient (Wildman–Crippen LogP) is 4.47. The van der Waals surface area contributed by atoms with Crippen molar-refractivity contribution in [3.8, 4) is 11.4 Å². The number of nitrogens with zero attached hydrogens (tertiary/aromatic N) is 4. The van der Waals surface area contributed by atoms with Gasteiger partial charge in [0.25, 0.3) is 0 Å². The van der Waals surface area contributed by atoms with Crippen molar-refractivity contribution in [2.24, 2.45) is 0 Å². The van der Waals surface area contributed by atoms with Crippen molar-refractivity contribution in [1.29, 1.82) is 0 Å². The van der Waals surface area contributed by atoms with Gasteiger partial charge in [0.2, 0.25) is 0 Å². The SMILES string of the molecule is Fc1cc2nc(-c3cncnc3NCCC(F)(F)F)n(C3CC3)c2cc1F. The largest absolute Gasteiger partial charge is 0.390 e. The van der Waals surface area contributed by atoms with E-state index in [4.69, 9.17) is 0 Å². The summed E-state index contributed by atoms with van der Waals surface area (Å²) in [5.74, 6) is -1.44. The fraction of sp³-hybridized carbons (Fsp3) is 0.353. The Morgan fingerprint density at radius 1 is 1.15 bits per heavy atom. The molecule has 2 aromatic heterocycles. The standard InChI is InChI=1S/C17H14F5N5/c18-11-5-13-14(6-12(11)19)27(9-1-2-9)16(26-13)10-7-23-8-25-15(10)24-4-3-17(20,21)22/h5-9H,1-4H2,(H,23,24,25). The van der Waals surface area contributed by atoms with Crippen molar-refractivity contribution in [2.75, 3.05) is 11.9 Å². The van der Waals surface area contributed by atoms with Crippen molar-refractivity contribution in [3.63, 3.8) is 0 Å². The predicted molar refractivity (Wildman–Crippen MR) is 88.1 cm³/mol. The maximum atomic E-state index is 13.7. The molecule has 3 aromatic rings. The number of fused-ring (bicyclic) bond motifs is 1. The van der Waals surface area contributed by atoms with Crippen molar-refractivity contribution in [3.05, 3.63) is 36.3 Å². The van der Waals surface area contributed by atoms with Gasteiger partial charge in [-0.3, -0.25) is 0 Å². The number of aromatic nitrogens is 4. The summed E-state index contributed by atoms with van der Waals surface area (Å²) in [5, 5.41) is 2.65. The summed E-state index contributed by atoms with van der Waals surface area (Å²) < 4.78 is 66.3. The van der Waals surface area contributed by atoms with E-state index in [-0.39, 0.29) is 23.9 Å². The minimum atomic E-state index is -4.30. The Kier molecular flexibility index (Phi) is 4.20. The first-order chi connectivity index (χ1) is 12.8. The zero-order valence-corrected chi connectivity index (χ0v) is 13.9. The van der Waals surface area contributed by atoms with Crippen LogP contribution in [0, 0.1) is 11.6 Å². The third-order valence-electron chi connectivity index (χ3n) is 4.30. The van der Waals surface area contributed by atoms with E-state index in [1.165, 1.54) is 12.5 Å².